The molecule has 0 bridgehead atoms. The number of hydrogen-bond donors (Lipinski definition) is 1. The Labute approximate surface area is 124 Å². The van der Waals surface area contributed by atoms with Gasteiger partial charge in [-0.2, -0.15) is 5.10 Å². The van der Waals surface area contributed by atoms with E-state index in [2.05, 4.69) is 25.0 Å². The van der Waals surface area contributed by atoms with Gasteiger partial charge in [-0.1, -0.05) is 38.1 Å². The second-order valence-electron chi connectivity index (χ2n) is 4.90. The molecular formula is C17H20N2O2. The van der Waals surface area contributed by atoms with Crippen LogP contribution in [0.25, 0.3) is 6.08 Å². The fourth-order valence-electron chi connectivity index (χ4n) is 2.18. The molecule has 0 saturated heterocycles. The molecule has 0 spiro atoms. The molecule has 0 fully saturated rings. The van der Waals surface area contributed by atoms with Gasteiger partial charge in [-0.3, -0.25) is 4.68 Å². The highest BCUT2D eigenvalue weighted by molar-refractivity contribution is 5.85. The molecule has 0 aliphatic rings. The van der Waals surface area contributed by atoms with Crippen LogP contribution in [0.2, 0.25) is 0 Å². The zero-order valence-corrected chi connectivity index (χ0v) is 12.4. The van der Waals surface area contributed by atoms with Gasteiger partial charge in [0.2, 0.25) is 0 Å². The quantitative estimate of drug-likeness (QED) is 0.829. The first-order valence-electron chi connectivity index (χ1n) is 7.18. The van der Waals surface area contributed by atoms with Crippen LogP contribution in [0.15, 0.2) is 36.4 Å². The fourth-order valence-corrected chi connectivity index (χ4v) is 2.18. The monoisotopic (exact) mass is 284 g/mol. The van der Waals surface area contributed by atoms with Crippen LogP contribution in [0.4, 0.5) is 0 Å². The summed E-state index contributed by atoms with van der Waals surface area (Å²) in [6.07, 6.45) is 4.64. The molecule has 1 N–H and O–H groups in total. The minimum Gasteiger partial charge on any atom is -0.478 e. The topological polar surface area (TPSA) is 55.1 Å². The van der Waals surface area contributed by atoms with Crippen molar-refractivity contribution in [1.29, 1.82) is 0 Å². The summed E-state index contributed by atoms with van der Waals surface area (Å²) in [4.78, 5) is 10.5. The Morgan fingerprint density at radius 3 is 2.52 bits per heavy atom. The number of carboxylic acid groups (broad SMARTS) is 1. The van der Waals surface area contributed by atoms with Crippen LogP contribution >= 0.6 is 0 Å². The normalized spacial score (nSPS) is 11.1. The van der Waals surface area contributed by atoms with E-state index >= 15 is 0 Å². The van der Waals surface area contributed by atoms with Gasteiger partial charge in [0.15, 0.2) is 0 Å². The molecule has 0 amide bonds. The van der Waals surface area contributed by atoms with Crippen molar-refractivity contribution in [2.24, 2.45) is 0 Å². The molecule has 1 aromatic carbocycles. The van der Waals surface area contributed by atoms with Crippen molar-refractivity contribution >= 4 is 12.0 Å². The van der Waals surface area contributed by atoms with Crippen molar-refractivity contribution in [1.82, 2.24) is 9.78 Å². The van der Waals surface area contributed by atoms with Gasteiger partial charge in [0, 0.05) is 11.8 Å². The average Bonchev–Trinajstić information content (AvgIpc) is 2.88. The van der Waals surface area contributed by atoms with Gasteiger partial charge < -0.3 is 5.11 Å². The Kier molecular flexibility index (Phi) is 4.93. The van der Waals surface area contributed by atoms with Crippen molar-refractivity contribution in [3.05, 3.63) is 58.9 Å². The minimum absolute atomic E-state index is 0.742. The molecule has 21 heavy (non-hydrogen) atoms. The number of aliphatic carboxylic acids is 1. The van der Waals surface area contributed by atoms with E-state index in [1.54, 1.807) is 6.08 Å². The molecule has 0 saturated carbocycles. The maximum Gasteiger partial charge on any atom is 0.328 e. The highest BCUT2D eigenvalue weighted by atomic mass is 16.4. The summed E-state index contributed by atoms with van der Waals surface area (Å²) in [5, 5.41) is 13.2. The van der Waals surface area contributed by atoms with E-state index < -0.39 is 5.97 Å². The maximum absolute atomic E-state index is 10.5. The van der Waals surface area contributed by atoms with Crippen LogP contribution in [0.5, 0.6) is 0 Å². The number of hydrogen-bond acceptors (Lipinski definition) is 2. The van der Waals surface area contributed by atoms with E-state index in [1.165, 1.54) is 5.69 Å². The first-order chi connectivity index (χ1) is 10.1. The van der Waals surface area contributed by atoms with Crippen LogP contribution in [-0.4, -0.2) is 20.9 Å². The maximum atomic E-state index is 10.5. The Balaban J connectivity index is 2.13. The Morgan fingerprint density at radius 2 is 1.95 bits per heavy atom. The van der Waals surface area contributed by atoms with E-state index in [9.17, 15) is 4.79 Å². The number of benzene rings is 1. The Bertz CT molecular complexity index is 639. The van der Waals surface area contributed by atoms with Crippen LogP contribution in [-0.2, 0) is 24.2 Å². The number of carboxylic acids is 1. The van der Waals surface area contributed by atoms with E-state index in [0.29, 0.717) is 0 Å². The first-order valence-corrected chi connectivity index (χ1v) is 7.18. The number of rotatable bonds is 6. The summed E-state index contributed by atoms with van der Waals surface area (Å²) in [6.45, 7) is 4.98. The van der Waals surface area contributed by atoms with Crippen LogP contribution in [0, 0.1) is 0 Å². The summed E-state index contributed by atoms with van der Waals surface area (Å²) >= 11 is 0. The lowest BCUT2D eigenvalue weighted by atomic mass is 10.1. The highest BCUT2D eigenvalue weighted by Crippen LogP contribution is 2.12. The van der Waals surface area contributed by atoms with E-state index in [0.717, 1.165) is 42.3 Å². The summed E-state index contributed by atoms with van der Waals surface area (Å²) in [5.41, 5.74) is 4.39. The summed E-state index contributed by atoms with van der Waals surface area (Å²) in [6, 6.07) is 10.0. The molecular weight excluding hydrogens is 264 g/mol. The van der Waals surface area contributed by atoms with Gasteiger partial charge in [-0.05, 0) is 36.1 Å². The van der Waals surface area contributed by atoms with E-state index in [-0.39, 0.29) is 0 Å². The van der Waals surface area contributed by atoms with Crippen LogP contribution in [0.1, 0.15) is 36.4 Å². The Morgan fingerprint density at radius 1 is 1.24 bits per heavy atom. The molecule has 1 heterocycles. The van der Waals surface area contributed by atoms with Gasteiger partial charge >= 0.3 is 5.97 Å². The van der Waals surface area contributed by atoms with Gasteiger partial charge in [-0.25, -0.2) is 4.79 Å². The highest BCUT2D eigenvalue weighted by Gasteiger charge is 2.05. The van der Waals surface area contributed by atoms with Crippen molar-refractivity contribution < 1.29 is 9.90 Å². The van der Waals surface area contributed by atoms with Gasteiger partial charge in [0.05, 0.1) is 12.2 Å². The van der Waals surface area contributed by atoms with Gasteiger partial charge in [0.25, 0.3) is 0 Å². The SMILES string of the molecule is CCc1cc(CC)n(Cc2ccc(/C=C/C(=O)O)cc2)n1. The third-order valence-electron chi connectivity index (χ3n) is 3.37. The lowest BCUT2D eigenvalue weighted by molar-refractivity contribution is -0.131. The zero-order valence-electron chi connectivity index (χ0n) is 12.4. The molecule has 2 rings (SSSR count). The first kappa shape index (κ1) is 15.0. The Hall–Kier alpha value is -2.36. The molecule has 4 heteroatoms. The van der Waals surface area contributed by atoms with Crippen molar-refractivity contribution in [3.8, 4) is 0 Å². The largest absolute Gasteiger partial charge is 0.478 e. The lowest BCUT2D eigenvalue weighted by Gasteiger charge is -2.06. The smallest absolute Gasteiger partial charge is 0.328 e. The molecule has 0 atom stereocenters. The number of aryl methyl sites for hydroxylation is 2. The lowest BCUT2D eigenvalue weighted by Crippen LogP contribution is -2.05. The summed E-state index contributed by atoms with van der Waals surface area (Å²) < 4.78 is 2.04. The molecule has 1 aromatic heterocycles. The molecule has 110 valence electrons. The van der Waals surface area contributed by atoms with E-state index in [1.807, 2.05) is 28.9 Å². The summed E-state index contributed by atoms with van der Waals surface area (Å²) in [7, 11) is 0. The van der Waals surface area contributed by atoms with Crippen LogP contribution in [0.3, 0.4) is 0 Å². The second kappa shape index (κ2) is 6.88. The third kappa shape index (κ3) is 4.05. The molecule has 4 nitrogen and oxygen atoms in total. The number of nitrogens with zero attached hydrogens (tertiary/aromatic N) is 2. The average molecular weight is 284 g/mol. The standard InChI is InChI=1S/C17H20N2O2/c1-3-15-11-16(4-2)19(18-15)12-14-7-5-13(6-8-14)9-10-17(20)21/h5-11H,3-4,12H2,1-2H3,(H,20,21)/b10-9+. The van der Waals surface area contributed by atoms with Crippen LogP contribution < -0.4 is 0 Å². The molecule has 0 aliphatic carbocycles. The second-order valence-corrected chi connectivity index (χ2v) is 4.90. The molecule has 2 aromatic rings. The van der Waals surface area contributed by atoms with Crippen molar-refractivity contribution in [3.63, 3.8) is 0 Å². The summed E-state index contributed by atoms with van der Waals surface area (Å²) in [5.74, 6) is -0.935. The fraction of sp³-hybridized carbons (Fsp3) is 0.294. The van der Waals surface area contributed by atoms with Gasteiger partial charge in [-0.15, -0.1) is 0 Å². The van der Waals surface area contributed by atoms with Crippen molar-refractivity contribution in [2.75, 3.05) is 0 Å². The minimum atomic E-state index is -0.935. The van der Waals surface area contributed by atoms with E-state index in [4.69, 9.17) is 5.11 Å². The third-order valence-corrected chi connectivity index (χ3v) is 3.37. The van der Waals surface area contributed by atoms with Gasteiger partial charge in [0.1, 0.15) is 0 Å². The van der Waals surface area contributed by atoms with Crippen molar-refractivity contribution in [2.45, 2.75) is 33.2 Å². The number of carbonyl (C=O) groups is 1. The predicted molar refractivity (Wildman–Crippen MR) is 83.2 cm³/mol. The molecule has 0 radical (unpaired) electrons. The number of aromatic nitrogens is 2. The predicted octanol–water partition coefficient (Wildman–Crippen LogP) is 3.15. The molecule has 0 unspecified atom stereocenters. The zero-order chi connectivity index (χ0) is 15.2. The molecule has 0 aliphatic heterocycles.